The number of hydrogen-bond donors (Lipinski definition) is 0. The number of nitrogens with zero attached hydrogens (tertiary/aromatic N) is 5. The van der Waals surface area contributed by atoms with Crippen molar-refractivity contribution in [3.63, 3.8) is 0 Å². The third-order valence-corrected chi connectivity index (χ3v) is 6.50. The van der Waals surface area contributed by atoms with E-state index in [1.54, 1.807) is 17.2 Å². The zero-order chi connectivity index (χ0) is 22.3. The average Bonchev–Trinajstić information content (AvgIpc) is 3.47. The second-order valence-corrected chi connectivity index (χ2v) is 8.76. The summed E-state index contributed by atoms with van der Waals surface area (Å²) >= 11 is 1.37. The van der Waals surface area contributed by atoms with Crippen LogP contribution >= 0.6 is 11.8 Å². The number of halogens is 1. The summed E-state index contributed by atoms with van der Waals surface area (Å²) < 4.78 is 21.1. The van der Waals surface area contributed by atoms with Crippen LogP contribution in [0.1, 0.15) is 37.5 Å². The first kappa shape index (κ1) is 22.4. The van der Waals surface area contributed by atoms with Crippen molar-refractivity contribution in [2.75, 3.05) is 30.3 Å². The van der Waals surface area contributed by atoms with Gasteiger partial charge in [0.1, 0.15) is 11.6 Å². The van der Waals surface area contributed by atoms with Gasteiger partial charge in [0.25, 0.3) is 0 Å². The van der Waals surface area contributed by atoms with Crippen molar-refractivity contribution in [3.05, 3.63) is 59.8 Å². The normalized spacial score (nSPS) is 14.0. The van der Waals surface area contributed by atoms with E-state index in [2.05, 4.69) is 15.1 Å². The van der Waals surface area contributed by atoms with Gasteiger partial charge < -0.3 is 14.2 Å². The minimum atomic E-state index is -0.295. The van der Waals surface area contributed by atoms with Gasteiger partial charge in [-0.05, 0) is 56.0 Å². The lowest BCUT2D eigenvalue weighted by molar-refractivity contribution is -0.128. The molecule has 1 saturated heterocycles. The van der Waals surface area contributed by atoms with E-state index in [9.17, 15) is 9.18 Å². The first-order valence-corrected chi connectivity index (χ1v) is 12.0. The molecule has 4 rings (SSSR count). The molecule has 1 aliphatic heterocycles. The molecule has 9 heteroatoms. The Hall–Kier alpha value is -2.81. The predicted octanol–water partition coefficient (Wildman–Crippen LogP) is 4.19. The Balaban J connectivity index is 1.46. The molecule has 170 valence electrons. The van der Waals surface area contributed by atoms with Crippen molar-refractivity contribution in [2.45, 2.75) is 44.4 Å². The Kier molecular flexibility index (Phi) is 7.47. The van der Waals surface area contributed by atoms with Crippen LogP contribution < -0.4 is 4.90 Å². The Bertz CT molecular complexity index is 1020. The van der Waals surface area contributed by atoms with Crippen LogP contribution in [0.2, 0.25) is 0 Å². The largest absolute Gasteiger partial charge is 0.467 e. The van der Waals surface area contributed by atoms with E-state index >= 15 is 0 Å². The van der Waals surface area contributed by atoms with E-state index in [4.69, 9.17) is 4.42 Å². The highest BCUT2D eigenvalue weighted by molar-refractivity contribution is 7.99. The summed E-state index contributed by atoms with van der Waals surface area (Å²) in [4.78, 5) is 16.9. The molecule has 1 amide bonds. The molecule has 32 heavy (non-hydrogen) atoms. The van der Waals surface area contributed by atoms with E-state index < -0.39 is 0 Å². The molecule has 0 bridgehead atoms. The summed E-state index contributed by atoms with van der Waals surface area (Å²) in [5.41, 5.74) is 0.776. The topological polar surface area (TPSA) is 67.4 Å². The van der Waals surface area contributed by atoms with Crippen molar-refractivity contribution >= 4 is 23.6 Å². The molecular weight excluding hydrogens is 429 g/mol. The summed E-state index contributed by atoms with van der Waals surface area (Å²) in [5, 5.41) is 9.54. The maximum absolute atomic E-state index is 13.5. The third kappa shape index (κ3) is 5.51. The molecule has 3 heterocycles. The Morgan fingerprint density at radius 1 is 1.19 bits per heavy atom. The van der Waals surface area contributed by atoms with Crippen molar-refractivity contribution < 1.29 is 13.6 Å². The maximum Gasteiger partial charge on any atom is 0.233 e. The van der Waals surface area contributed by atoms with Crippen LogP contribution in [0.25, 0.3) is 0 Å². The number of amides is 1. The number of benzene rings is 1. The average molecular weight is 458 g/mol. The standard InChI is InChI=1S/C23H28FN5O2S/c1-2-27(15-18-8-6-9-19(24)14-18)21(30)17-32-23-26-25-22(28-11-4-3-5-12-28)29(23)16-20-10-7-13-31-20/h6-10,13-14H,2-5,11-12,15-17H2,1H3. The number of carbonyl (C=O) groups is 1. The quantitative estimate of drug-likeness (QED) is 0.449. The molecule has 1 aliphatic rings. The van der Waals surface area contributed by atoms with Crippen LogP contribution in [0.3, 0.4) is 0 Å². The summed E-state index contributed by atoms with van der Waals surface area (Å²) in [6.45, 7) is 5.28. The molecular formula is C23H28FN5O2S. The smallest absolute Gasteiger partial charge is 0.233 e. The minimum Gasteiger partial charge on any atom is -0.467 e. The van der Waals surface area contributed by atoms with Crippen molar-refractivity contribution in [1.82, 2.24) is 19.7 Å². The first-order chi connectivity index (χ1) is 15.6. The number of hydrogen-bond acceptors (Lipinski definition) is 6. The van der Waals surface area contributed by atoms with Crippen LogP contribution in [-0.2, 0) is 17.9 Å². The number of rotatable bonds is 9. The first-order valence-electron chi connectivity index (χ1n) is 11.0. The lowest BCUT2D eigenvalue weighted by Gasteiger charge is -2.27. The van der Waals surface area contributed by atoms with Gasteiger partial charge in [-0.15, -0.1) is 10.2 Å². The highest BCUT2D eigenvalue weighted by atomic mass is 32.2. The third-order valence-electron chi connectivity index (χ3n) is 5.55. The van der Waals surface area contributed by atoms with Gasteiger partial charge in [0.2, 0.25) is 11.9 Å². The molecule has 0 spiro atoms. The van der Waals surface area contributed by atoms with E-state index in [0.29, 0.717) is 24.8 Å². The summed E-state index contributed by atoms with van der Waals surface area (Å²) in [5.74, 6) is 1.56. The molecule has 0 saturated carbocycles. The molecule has 0 aliphatic carbocycles. The van der Waals surface area contributed by atoms with Gasteiger partial charge in [0.05, 0.1) is 18.6 Å². The molecule has 1 fully saturated rings. The number of anilines is 1. The molecule has 7 nitrogen and oxygen atoms in total. The number of aromatic nitrogens is 3. The van der Waals surface area contributed by atoms with Crippen molar-refractivity contribution in [2.24, 2.45) is 0 Å². The minimum absolute atomic E-state index is 0.0196. The monoisotopic (exact) mass is 457 g/mol. The SMILES string of the molecule is CCN(Cc1cccc(F)c1)C(=O)CSc1nnc(N2CCCCC2)n1Cc1ccco1. The lowest BCUT2D eigenvalue weighted by Crippen LogP contribution is -2.32. The van der Waals surface area contributed by atoms with Gasteiger partial charge in [-0.1, -0.05) is 23.9 Å². The van der Waals surface area contributed by atoms with Gasteiger partial charge >= 0.3 is 0 Å². The van der Waals surface area contributed by atoms with E-state index in [1.807, 2.05) is 29.7 Å². The fourth-order valence-corrected chi connectivity index (χ4v) is 4.70. The molecule has 0 radical (unpaired) electrons. The summed E-state index contributed by atoms with van der Waals surface area (Å²) in [6, 6.07) is 10.2. The predicted molar refractivity (Wildman–Crippen MR) is 122 cm³/mol. The number of furan rings is 1. The van der Waals surface area contributed by atoms with Gasteiger partial charge in [-0.3, -0.25) is 9.36 Å². The molecule has 0 N–H and O–H groups in total. The Morgan fingerprint density at radius 3 is 2.75 bits per heavy atom. The van der Waals surface area contributed by atoms with Gasteiger partial charge in [0, 0.05) is 26.2 Å². The fraction of sp³-hybridized carbons (Fsp3) is 0.435. The maximum atomic E-state index is 13.5. The van der Waals surface area contributed by atoms with E-state index in [1.165, 1.54) is 30.3 Å². The van der Waals surface area contributed by atoms with Crippen LogP contribution in [0.4, 0.5) is 10.3 Å². The molecule has 3 aromatic rings. The van der Waals surface area contributed by atoms with Gasteiger partial charge in [0.15, 0.2) is 5.16 Å². The molecule has 0 unspecified atom stereocenters. The van der Waals surface area contributed by atoms with Crippen LogP contribution in [0.5, 0.6) is 0 Å². The summed E-state index contributed by atoms with van der Waals surface area (Å²) in [7, 11) is 0. The molecule has 0 atom stereocenters. The zero-order valence-electron chi connectivity index (χ0n) is 18.2. The zero-order valence-corrected chi connectivity index (χ0v) is 19.1. The highest BCUT2D eigenvalue weighted by Crippen LogP contribution is 2.26. The van der Waals surface area contributed by atoms with Crippen LogP contribution in [0, 0.1) is 5.82 Å². The van der Waals surface area contributed by atoms with Crippen molar-refractivity contribution in [3.8, 4) is 0 Å². The van der Waals surface area contributed by atoms with Gasteiger partial charge in [-0.2, -0.15) is 0 Å². The second kappa shape index (κ2) is 10.7. The number of thioether (sulfide) groups is 1. The fourth-order valence-electron chi connectivity index (χ4n) is 3.86. The Labute approximate surface area is 191 Å². The van der Waals surface area contributed by atoms with Gasteiger partial charge in [-0.25, -0.2) is 4.39 Å². The second-order valence-electron chi connectivity index (χ2n) is 7.82. The number of piperidine rings is 1. The van der Waals surface area contributed by atoms with Crippen LogP contribution in [-0.4, -0.2) is 51.0 Å². The Morgan fingerprint density at radius 2 is 2.03 bits per heavy atom. The summed E-state index contributed by atoms with van der Waals surface area (Å²) in [6.07, 6.45) is 5.17. The highest BCUT2D eigenvalue weighted by Gasteiger charge is 2.22. The lowest BCUT2D eigenvalue weighted by atomic mass is 10.1. The van der Waals surface area contributed by atoms with Crippen LogP contribution in [0.15, 0.2) is 52.2 Å². The van der Waals surface area contributed by atoms with E-state index in [0.717, 1.165) is 43.2 Å². The number of carbonyl (C=O) groups excluding carboxylic acids is 1. The van der Waals surface area contributed by atoms with Crippen molar-refractivity contribution in [1.29, 1.82) is 0 Å². The molecule has 2 aromatic heterocycles. The molecule has 1 aromatic carbocycles. The van der Waals surface area contributed by atoms with E-state index in [-0.39, 0.29) is 17.5 Å².